The molecular weight excluding hydrogens is 948 g/mol. The summed E-state index contributed by atoms with van der Waals surface area (Å²) in [5.74, 6) is -0.170. The van der Waals surface area contributed by atoms with E-state index in [0.717, 1.165) is 32.1 Å². The number of likely N-dealkylation sites (N-methyl/N-ethyl adjacent to an activating group) is 1. The van der Waals surface area contributed by atoms with E-state index in [1.165, 1.54) is 289 Å². The molecule has 446 valence electrons. The zero-order chi connectivity index (χ0) is 54.9. The highest BCUT2D eigenvalue weighted by atomic mass is 31.2. The molecule has 3 N–H and O–H groups in total. The van der Waals surface area contributed by atoms with Crippen molar-refractivity contribution in [2.24, 2.45) is 0 Å². The largest absolute Gasteiger partial charge is 0.472 e. The number of hydrogen-bond donors (Lipinski definition) is 3. The summed E-state index contributed by atoms with van der Waals surface area (Å²) in [4.78, 5) is 23.3. The third kappa shape index (κ3) is 60.5. The Balaban J connectivity index is 3.91. The first-order chi connectivity index (χ1) is 36.5. The normalized spacial score (nSPS) is 13.9. The van der Waals surface area contributed by atoms with Crippen molar-refractivity contribution in [3.8, 4) is 0 Å². The number of nitrogens with zero attached hydrogens (tertiary/aromatic N) is 1. The number of rotatable bonds is 62. The van der Waals surface area contributed by atoms with Gasteiger partial charge in [-0.2, -0.15) is 0 Å². The van der Waals surface area contributed by atoms with Gasteiger partial charge in [0.1, 0.15) is 13.2 Å². The van der Waals surface area contributed by atoms with Gasteiger partial charge < -0.3 is 19.8 Å². The Morgan fingerprint density at radius 1 is 0.440 bits per heavy atom. The number of phosphoric acid groups is 1. The van der Waals surface area contributed by atoms with Crippen LogP contribution in [0.2, 0.25) is 0 Å². The number of nitrogens with one attached hydrogen (secondary N) is 1. The highest BCUT2D eigenvalue weighted by Gasteiger charge is 2.28. The molecule has 0 aromatic rings. The predicted molar refractivity (Wildman–Crippen MR) is 328 cm³/mol. The second-order valence-electron chi connectivity index (χ2n) is 24.2. The molecule has 0 rings (SSSR count). The van der Waals surface area contributed by atoms with Crippen LogP contribution in [0.5, 0.6) is 0 Å². The molecule has 0 saturated heterocycles. The molecule has 0 spiro atoms. The number of unbranched alkanes of at least 4 members (excludes halogenated alkanes) is 47. The first-order valence-electron chi connectivity index (χ1n) is 33.2. The van der Waals surface area contributed by atoms with Crippen molar-refractivity contribution >= 4 is 13.7 Å². The summed E-state index contributed by atoms with van der Waals surface area (Å²) in [6.45, 7) is 4.86. The summed E-state index contributed by atoms with van der Waals surface area (Å²) < 4.78 is 23.7. The monoisotopic (exact) mass is 1080 g/mol. The lowest BCUT2D eigenvalue weighted by molar-refractivity contribution is -0.870. The second-order valence-corrected chi connectivity index (χ2v) is 25.7. The highest BCUT2D eigenvalue weighted by Crippen LogP contribution is 2.43. The first kappa shape index (κ1) is 74.0. The number of aliphatic hydroxyl groups excluding tert-OH is 1. The molecule has 3 unspecified atom stereocenters. The number of phosphoric ester groups is 1. The van der Waals surface area contributed by atoms with E-state index >= 15 is 0 Å². The van der Waals surface area contributed by atoms with Crippen molar-refractivity contribution in [3.63, 3.8) is 0 Å². The van der Waals surface area contributed by atoms with Crippen LogP contribution in [0, 0.1) is 0 Å². The zero-order valence-electron chi connectivity index (χ0n) is 51.1. The molecule has 0 aromatic heterocycles. The Morgan fingerprint density at radius 2 is 0.720 bits per heavy atom. The van der Waals surface area contributed by atoms with Gasteiger partial charge in [0.25, 0.3) is 0 Å². The molecule has 75 heavy (non-hydrogen) atoms. The molecule has 0 radical (unpaired) electrons. The molecule has 0 aliphatic carbocycles. The fraction of sp³-hybridized carbons (Fsp3) is 0.924. The van der Waals surface area contributed by atoms with Gasteiger partial charge in [-0.05, 0) is 44.9 Å². The van der Waals surface area contributed by atoms with Crippen LogP contribution in [0.25, 0.3) is 0 Å². The Bertz CT molecular complexity index is 1270. The van der Waals surface area contributed by atoms with Gasteiger partial charge in [-0.1, -0.05) is 314 Å². The molecule has 1 amide bonds. The van der Waals surface area contributed by atoms with Crippen molar-refractivity contribution in [2.45, 2.75) is 353 Å². The Hall–Kier alpha value is -1.02. The summed E-state index contributed by atoms with van der Waals surface area (Å²) in [5, 5.41) is 14.0. The number of amides is 1. The second kappa shape index (κ2) is 57.7. The lowest BCUT2D eigenvalue weighted by atomic mass is 10.0. The molecule has 0 aliphatic heterocycles. The molecule has 3 atom stereocenters. The minimum absolute atomic E-state index is 0.0645. The van der Waals surface area contributed by atoms with Crippen molar-refractivity contribution in [1.29, 1.82) is 0 Å². The summed E-state index contributed by atoms with van der Waals surface area (Å²) in [7, 11) is 1.59. The van der Waals surface area contributed by atoms with Gasteiger partial charge in [-0.15, -0.1) is 0 Å². The van der Waals surface area contributed by atoms with E-state index in [1.807, 2.05) is 27.2 Å². The molecule has 9 heteroatoms. The van der Waals surface area contributed by atoms with Gasteiger partial charge in [-0.3, -0.25) is 13.8 Å². The molecule has 0 saturated carbocycles. The third-order valence-electron chi connectivity index (χ3n) is 15.4. The molecule has 0 aliphatic rings. The topological polar surface area (TPSA) is 105 Å². The summed E-state index contributed by atoms with van der Waals surface area (Å²) >= 11 is 0. The number of allylic oxidation sites excluding steroid dienone is 3. The van der Waals surface area contributed by atoms with Crippen molar-refractivity contribution < 1.29 is 32.9 Å². The highest BCUT2D eigenvalue weighted by molar-refractivity contribution is 7.47. The number of aliphatic hydroxyl groups is 1. The van der Waals surface area contributed by atoms with Gasteiger partial charge in [-0.25, -0.2) is 4.57 Å². The van der Waals surface area contributed by atoms with E-state index in [9.17, 15) is 19.4 Å². The number of carbonyl (C=O) groups is 1. The minimum Gasteiger partial charge on any atom is -0.387 e. The SMILES string of the molecule is CCCCCCCCCC/C=C\CCCCCCCCCCCCCCCCCCCCCCCCCCCC(=O)NC(COP(=O)(O)OCC[N+](C)(C)C)C(O)/C=C/CCCCCCCCCCCCCCCC. The maximum Gasteiger partial charge on any atom is 0.472 e. The summed E-state index contributed by atoms with van der Waals surface area (Å²) in [6, 6.07) is -0.843. The van der Waals surface area contributed by atoms with Gasteiger partial charge in [0.05, 0.1) is 39.9 Å². The molecule has 0 fully saturated rings. The zero-order valence-corrected chi connectivity index (χ0v) is 52.0. The fourth-order valence-corrected chi connectivity index (χ4v) is 11.0. The molecular formula is C66H132N2O6P+. The van der Waals surface area contributed by atoms with Gasteiger partial charge in [0.2, 0.25) is 5.91 Å². The van der Waals surface area contributed by atoms with Crippen molar-refractivity contribution in [2.75, 3.05) is 40.9 Å². The quantitative estimate of drug-likeness (QED) is 0.0243. The van der Waals surface area contributed by atoms with Crippen molar-refractivity contribution in [1.82, 2.24) is 5.32 Å². The van der Waals surface area contributed by atoms with E-state index in [4.69, 9.17) is 9.05 Å². The van der Waals surface area contributed by atoms with E-state index in [2.05, 4.69) is 31.3 Å². The number of quaternary nitrogens is 1. The Labute approximate surface area is 468 Å². The maximum absolute atomic E-state index is 13.0. The predicted octanol–water partition coefficient (Wildman–Crippen LogP) is 20.7. The number of hydrogen-bond acceptors (Lipinski definition) is 5. The van der Waals surface area contributed by atoms with Crippen LogP contribution in [0.3, 0.4) is 0 Å². The van der Waals surface area contributed by atoms with Crippen LogP contribution in [0.4, 0.5) is 0 Å². The molecule has 0 bridgehead atoms. The average Bonchev–Trinajstić information content (AvgIpc) is 3.37. The maximum atomic E-state index is 13.0. The van der Waals surface area contributed by atoms with Crippen molar-refractivity contribution in [3.05, 3.63) is 24.3 Å². The average molecular weight is 1080 g/mol. The minimum atomic E-state index is -4.34. The van der Waals surface area contributed by atoms with Crippen LogP contribution >= 0.6 is 7.82 Å². The smallest absolute Gasteiger partial charge is 0.387 e. The van der Waals surface area contributed by atoms with Crippen LogP contribution in [-0.4, -0.2) is 73.4 Å². The Morgan fingerprint density at radius 3 is 1.03 bits per heavy atom. The van der Waals surface area contributed by atoms with Crippen LogP contribution < -0.4 is 5.32 Å². The van der Waals surface area contributed by atoms with Gasteiger partial charge >= 0.3 is 7.82 Å². The third-order valence-corrected chi connectivity index (χ3v) is 16.4. The van der Waals surface area contributed by atoms with E-state index in [-0.39, 0.29) is 19.1 Å². The first-order valence-corrected chi connectivity index (χ1v) is 34.7. The lowest BCUT2D eigenvalue weighted by Gasteiger charge is -2.25. The van der Waals surface area contributed by atoms with Gasteiger partial charge in [0, 0.05) is 6.42 Å². The van der Waals surface area contributed by atoms with Crippen LogP contribution in [0.15, 0.2) is 24.3 Å². The van der Waals surface area contributed by atoms with E-state index in [0.29, 0.717) is 17.4 Å². The van der Waals surface area contributed by atoms with Crippen LogP contribution in [0.1, 0.15) is 341 Å². The lowest BCUT2D eigenvalue weighted by Crippen LogP contribution is -2.45. The number of carbonyl (C=O) groups excluding carboxylic acids is 1. The summed E-state index contributed by atoms with van der Waals surface area (Å²) in [5.41, 5.74) is 0. The molecule has 0 heterocycles. The standard InChI is InChI=1S/C66H131N2O6P/c1-6-8-10-12-14-16-18-20-22-24-25-26-27-28-29-30-31-32-33-34-35-36-37-38-39-40-41-42-43-44-46-48-50-52-54-56-58-60-66(70)67-64(63-74-75(71,72)73-62-61-68(3,4)5)65(69)59-57-55-53-51-49-47-45-23-21-19-17-15-13-11-9-7-2/h24-25,57,59,64-65,69H,6-23,26-56,58,60-63H2,1-5H3,(H-,67,70,71,72)/p+1/b25-24-,59-57+. The molecule has 0 aromatic carbocycles. The summed E-state index contributed by atoms with van der Waals surface area (Å²) in [6.07, 6.45) is 74.7. The van der Waals surface area contributed by atoms with E-state index < -0.39 is 20.0 Å². The van der Waals surface area contributed by atoms with E-state index in [1.54, 1.807) is 6.08 Å². The van der Waals surface area contributed by atoms with Gasteiger partial charge in [0.15, 0.2) is 0 Å². The Kier molecular flexibility index (Phi) is 56.9. The van der Waals surface area contributed by atoms with Crippen LogP contribution in [-0.2, 0) is 18.4 Å². The molecule has 8 nitrogen and oxygen atoms in total. The fourth-order valence-electron chi connectivity index (χ4n) is 10.2.